The normalized spacial score (nSPS) is 20.4. The molecule has 2 atom stereocenters. The van der Waals surface area contributed by atoms with Crippen LogP contribution in [0.5, 0.6) is 5.75 Å². The van der Waals surface area contributed by atoms with Crippen molar-refractivity contribution in [3.8, 4) is 5.75 Å². The van der Waals surface area contributed by atoms with Crippen LogP contribution in [0.2, 0.25) is 0 Å². The van der Waals surface area contributed by atoms with E-state index < -0.39 is 0 Å². The molecular formula is C25H39IN6O. The molecule has 4 rings (SSSR count). The van der Waals surface area contributed by atoms with E-state index in [9.17, 15) is 0 Å². The van der Waals surface area contributed by atoms with Crippen LogP contribution in [0.1, 0.15) is 55.7 Å². The molecule has 2 saturated heterocycles. The van der Waals surface area contributed by atoms with Crippen molar-refractivity contribution in [3.63, 3.8) is 0 Å². The minimum atomic E-state index is 0. The first-order chi connectivity index (χ1) is 15.7. The standard InChI is InChI=1S/C25H38N6O.HI/c1-4-26-25(31-15-12-21(19-31)22-16-28-29(2)18-22)27-17-24(30-13-6-5-7-14-30)20-8-10-23(32-3)11-9-20;/h8-11,16,18,21,24H,4-7,12-15,17,19H2,1-3H3,(H,26,27);1H. The van der Waals surface area contributed by atoms with Gasteiger partial charge in [-0.3, -0.25) is 14.6 Å². The summed E-state index contributed by atoms with van der Waals surface area (Å²) in [6, 6.07) is 8.84. The van der Waals surface area contributed by atoms with Crippen molar-refractivity contribution < 1.29 is 4.74 Å². The molecule has 0 amide bonds. The number of piperidine rings is 1. The summed E-state index contributed by atoms with van der Waals surface area (Å²) in [4.78, 5) is 10.2. The summed E-state index contributed by atoms with van der Waals surface area (Å²) >= 11 is 0. The van der Waals surface area contributed by atoms with Crippen LogP contribution >= 0.6 is 24.0 Å². The minimum Gasteiger partial charge on any atom is -0.497 e. The number of rotatable bonds is 7. The third-order valence-electron chi connectivity index (χ3n) is 6.76. The van der Waals surface area contributed by atoms with Gasteiger partial charge < -0.3 is 15.0 Å². The molecule has 182 valence electrons. The molecule has 0 saturated carbocycles. The van der Waals surface area contributed by atoms with Gasteiger partial charge in [-0.2, -0.15) is 5.10 Å². The molecule has 2 aliphatic rings. The number of aliphatic imine (C=N–C) groups is 1. The van der Waals surface area contributed by atoms with E-state index in [0.717, 1.165) is 57.4 Å². The first-order valence-electron chi connectivity index (χ1n) is 12.1. The Hall–Kier alpha value is -1.81. The number of ether oxygens (including phenoxy) is 1. The Morgan fingerprint density at radius 3 is 2.58 bits per heavy atom. The number of likely N-dealkylation sites (tertiary alicyclic amines) is 2. The van der Waals surface area contributed by atoms with Gasteiger partial charge in [0, 0.05) is 38.8 Å². The summed E-state index contributed by atoms with van der Waals surface area (Å²) in [5.41, 5.74) is 2.65. The highest BCUT2D eigenvalue weighted by atomic mass is 127. The zero-order valence-corrected chi connectivity index (χ0v) is 22.6. The molecule has 1 N–H and O–H groups in total. The second kappa shape index (κ2) is 12.6. The number of nitrogens with zero attached hydrogens (tertiary/aromatic N) is 5. The molecule has 1 aromatic carbocycles. The number of hydrogen-bond donors (Lipinski definition) is 1. The summed E-state index contributed by atoms with van der Waals surface area (Å²) in [7, 11) is 3.71. The third kappa shape index (κ3) is 6.62. The van der Waals surface area contributed by atoms with Gasteiger partial charge in [-0.15, -0.1) is 24.0 Å². The average Bonchev–Trinajstić information content (AvgIpc) is 3.49. The van der Waals surface area contributed by atoms with Crippen molar-refractivity contribution in [2.75, 3.05) is 46.4 Å². The molecule has 8 heteroatoms. The molecular weight excluding hydrogens is 527 g/mol. The fourth-order valence-electron chi connectivity index (χ4n) is 4.96. The third-order valence-corrected chi connectivity index (χ3v) is 6.76. The van der Waals surface area contributed by atoms with Crippen molar-refractivity contribution >= 4 is 29.9 Å². The van der Waals surface area contributed by atoms with Gasteiger partial charge in [-0.25, -0.2) is 0 Å². The second-order valence-electron chi connectivity index (χ2n) is 8.96. The lowest BCUT2D eigenvalue weighted by Crippen LogP contribution is -2.41. The lowest BCUT2D eigenvalue weighted by molar-refractivity contribution is 0.167. The van der Waals surface area contributed by atoms with Crippen LogP contribution in [0.15, 0.2) is 41.7 Å². The van der Waals surface area contributed by atoms with Crippen molar-refractivity contribution in [1.82, 2.24) is 24.9 Å². The molecule has 0 bridgehead atoms. The van der Waals surface area contributed by atoms with E-state index in [2.05, 4.69) is 57.6 Å². The zero-order chi connectivity index (χ0) is 22.3. The fourth-order valence-corrected chi connectivity index (χ4v) is 4.96. The SMILES string of the molecule is CCNC(=NCC(c1ccc(OC)cc1)N1CCCCC1)N1CCC(c2cnn(C)c2)C1.I. The Morgan fingerprint density at radius 2 is 1.94 bits per heavy atom. The molecule has 33 heavy (non-hydrogen) atoms. The first-order valence-corrected chi connectivity index (χ1v) is 12.1. The number of methoxy groups -OCH3 is 1. The number of guanidine groups is 1. The van der Waals surface area contributed by atoms with Gasteiger partial charge in [0.15, 0.2) is 5.96 Å². The molecule has 1 aromatic heterocycles. The second-order valence-corrected chi connectivity index (χ2v) is 8.96. The predicted octanol–water partition coefficient (Wildman–Crippen LogP) is 4.03. The van der Waals surface area contributed by atoms with E-state index in [1.165, 1.54) is 30.4 Å². The topological polar surface area (TPSA) is 57.9 Å². The maximum absolute atomic E-state index is 5.38. The highest BCUT2D eigenvalue weighted by Crippen LogP contribution is 2.29. The van der Waals surface area contributed by atoms with E-state index in [4.69, 9.17) is 9.73 Å². The monoisotopic (exact) mass is 566 g/mol. The summed E-state index contributed by atoms with van der Waals surface area (Å²) in [5, 5.41) is 7.91. The largest absolute Gasteiger partial charge is 0.497 e. The summed E-state index contributed by atoms with van der Waals surface area (Å²) in [6.07, 6.45) is 9.18. The molecule has 3 heterocycles. The maximum atomic E-state index is 5.38. The smallest absolute Gasteiger partial charge is 0.194 e. The van der Waals surface area contributed by atoms with Gasteiger partial charge in [0.05, 0.1) is 25.9 Å². The number of nitrogens with one attached hydrogen (secondary N) is 1. The Balaban J connectivity index is 0.00000306. The van der Waals surface area contributed by atoms with Crippen LogP contribution < -0.4 is 10.1 Å². The van der Waals surface area contributed by atoms with Crippen LogP contribution in [-0.2, 0) is 7.05 Å². The Morgan fingerprint density at radius 1 is 1.18 bits per heavy atom. The van der Waals surface area contributed by atoms with Gasteiger partial charge in [0.1, 0.15) is 5.75 Å². The lowest BCUT2D eigenvalue weighted by Gasteiger charge is -2.34. The molecule has 2 unspecified atom stereocenters. The minimum absolute atomic E-state index is 0. The number of aromatic nitrogens is 2. The van der Waals surface area contributed by atoms with Gasteiger partial charge in [-0.05, 0) is 62.5 Å². The van der Waals surface area contributed by atoms with Crippen molar-refractivity contribution in [1.29, 1.82) is 0 Å². The Labute approximate surface area is 215 Å². The van der Waals surface area contributed by atoms with Gasteiger partial charge in [0.2, 0.25) is 0 Å². The first kappa shape index (κ1) is 25.8. The predicted molar refractivity (Wildman–Crippen MR) is 145 cm³/mol. The molecule has 2 aliphatic heterocycles. The van der Waals surface area contributed by atoms with Gasteiger partial charge >= 0.3 is 0 Å². The summed E-state index contributed by atoms with van der Waals surface area (Å²) in [6.45, 7) is 8.12. The van der Waals surface area contributed by atoms with Crippen molar-refractivity contribution in [2.24, 2.45) is 12.0 Å². The fraction of sp³-hybridized carbons (Fsp3) is 0.600. The molecule has 2 aromatic rings. The lowest BCUT2D eigenvalue weighted by atomic mass is 10.0. The molecule has 0 spiro atoms. The van der Waals surface area contributed by atoms with E-state index in [1.54, 1.807) is 7.11 Å². The highest BCUT2D eigenvalue weighted by Gasteiger charge is 2.28. The summed E-state index contributed by atoms with van der Waals surface area (Å²) in [5.74, 6) is 2.46. The molecule has 0 radical (unpaired) electrons. The van der Waals surface area contributed by atoms with Crippen LogP contribution in [0.25, 0.3) is 0 Å². The van der Waals surface area contributed by atoms with Gasteiger partial charge in [-0.1, -0.05) is 18.6 Å². The maximum Gasteiger partial charge on any atom is 0.194 e. The quantitative estimate of drug-likeness (QED) is 0.312. The zero-order valence-electron chi connectivity index (χ0n) is 20.2. The average molecular weight is 567 g/mol. The molecule has 7 nitrogen and oxygen atoms in total. The van der Waals surface area contributed by atoms with Crippen LogP contribution in [0, 0.1) is 0 Å². The number of aryl methyl sites for hydroxylation is 1. The van der Waals surface area contributed by atoms with E-state index in [0.29, 0.717) is 12.0 Å². The van der Waals surface area contributed by atoms with Crippen LogP contribution in [0.4, 0.5) is 0 Å². The van der Waals surface area contributed by atoms with Crippen LogP contribution in [-0.4, -0.2) is 71.9 Å². The van der Waals surface area contributed by atoms with Crippen molar-refractivity contribution in [2.45, 2.75) is 44.6 Å². The van der Waals surface area contributed by atoms with Crippen molar-refractivity contribution in [3.05, 3.63) is 47.8 Å². The highest BCUT2D eigenvalue weighted by molar-refractivity contribution is 14.0. The van der Waals surface area contributed by atoms with E-state index in [1.807, 2.05) is 17.9 Å². The van der Waals surface area contributed by atoms with Crippen LogP contribution in [0.3, 0.4) is 0 Å². The Kier molecular flexibility index (Phi) is 9.85. The molecule has 0 aliphatic carbocycles. The van der Waals surface area contributed by atoms with Gasteiger partial charge in [0.25, 0.3) is 0 Å². The van der Waals surface area contributed by atoms with E-state index in [-0.39, 0.29) is 24.0 Å². The summed E-state index contributed by atoms with van der Waals surface area (Å²) < 4.78 is 7.27. The Bertz CT molecular complexity index is 877. The number of hydrogen-bond acceptors (Lipinski definition) is 4. The molecule has 2 fully saturated rings. The number of halogens is 1. The number of benzene rings is 1. The van der Waals surface area contributed by atoms with E-state index >= 15 is 0 Å².